The molecule has 2 rings (SSSR count). The Kier molecular flexibility index (Phi) is 12.1. The van der Waals surface area contributed by atoms with Gasteiger partial charge in [0.25, 0.3) is 0 Å². The van der Waals surface area contributed by atoms with Crippen LogP contribution < -0.4 is 9.47 Å². The average molecular weight is 419 g/mol. The molecule has 0 N–H and O–H groups in total. The molecule has 0 bridgehead atoms. The first-order valence-corrected chi connectivity index (χ1v) is 12.8. The van der Waals surface area contributed by atoms with Crippen LogP contribution in [-0.4, -0.2) is 13.2 Å². The molecule has 0 radical (unpaired) electrons. The molecule has 0 aliphatic carbocycles. The molecular formula is C24H34O2S2. The fourth-order valence-corrected chi connectivity index (χ4v) is 4.65. The standard InChI is InChI=1S/C24H34O2S2/c1-3-5-7-9-19-25-21-11-15-23(16-12-21)27-28-24-17-13-22(14-18-24)26-20-10-8-6-4-2/h11-18H,3-10,19-20H2,1-2H3. The monoisotopic (exact) mass is 418 g/mol. The normalized spacial score (nSPS) is 10.8. The van der Waals surface area contributed by atoms with Gasteiger partial charge in [0.05, 0.1) is 13.2 Å². The predicted octanol–water partition coefficient (Wildman–Crippen LogP) is 8.40. The second kappa shape index (κ2) is 14.7. The van der Waals surface area contributed by atoms with Crippen molar-refractivity contribution in [2.45, 2.75) is 75.0 Å². The summed E-state index contributed by atoms with van der Waals surface area (Å²) in [7, 11) is 3.54. The Morgan fingerprint density at radius 1 is 0.536 bits per heavy atom. The van der Waals surface area contributed by atoms with E-state index in [1.54, 1.807) is 21.6 Å². The molecule has 28 heavy (non-hydrogen) atoms. The molecule has 0 atom stereocenters. The van der Waals surface area contributed by atoms with Gasteiger partial charge in [-0.3, -0.25) is 0 Å². The van der Waals surface area contributed by atoms with Gasteiger partial charge in [-0.05, 0) is 61.4 Å². The molecule has 2 aromatic carbocycles. The van der Waals surface area contributed by atoms with E-state index >= 15 is 0 Å². The number of ether oxygens (including phenoxy) is 2. The highest BCUT2D eigenvalue weighted by atomic mass is 33.1. The Bertz CT molecular complexity index is 569. The van der Waals surface area contributed by atoms with Gasteiger partial charge in [-0.1, -0.05) is 74.0 Å². The Morgan fingerprint density at radius 2 is 0.929 bits per heavy atom. The van der Waals surface area contributed by atoms with Crippen molar-refractivity contribution in [3.05, 3.63) is 48.5 Å². The van der Waals surface area contributed by atoms with Crippen LogP contribution in [0.25, 0.3) is 0 Å². The number of hydrogen-bond acceptors (Lipinski definition) is 4. The Hall–Kier alpha value is -1.26. The molecule has 0 spiro atoms. The van der Waals surface area contributed by atoms with Gasteiger partial charge in [-0.15, -0.1) is 0 Å². The summed E-state index contributed by atoms with van der Waals surface area (Å²) in [6.07, 6.45) is 9.89. The second-order valence-electron chi connectivity index (χ2n) is 6.93. The van der Waals surface area contributed by atoms with E-state index in [1.165, 1.54) is 48.3 Å². The van der Waals surface area contributed by atoms with Crippen molar-refractivity contribution >= 4 is 21.6 Å². The minimum absolute atomic E-state index is 0.814. The lowest BCUT2D eigenvalue weighted by Crippen LogP contribution is -1.96. The van der Waals surface area contributed by atoms with E-state index in [2.05, 4.69) is 62.4 Å². The first-order valence-electron chi connectivity index (χ1n) is 10.6. The average Bonchev–Trinajstić information content (AvgIpc) is 2.74. The Balaban J connectivity index is 1.66. The maximum absolute atomic E-state index is 5.81. The van der Waals surface area contributed by atoms with Crippen molar-refractivity contribution in [2.24, 2.45) is 0 Å². The molecule has 0 heterocycles. The summed E-state index contributed by atoms with van der Waals surface area (Å²) in [5.74, 6) is 1.93. The van der Waals surface area contributed by atoms with E-state index in [0.29, 0.717) is 0 Å². The van der Waals surface area contributed by atoms with Crippen LogP contribution in [0.1, 0.15) is 65.2 Å². The van der Waals surface area contributed by atoms with E-state index < -0.39 is 0 Å². The first-order chi connectivity index (χ1) is 13.8. The highest BCUT2D eigenvalue weighted by molar-refractivity contribution is 8.76. The lowest BCUT2D eigenvalue weighted by molar-refractivity contribution is 0.305. The SMILES string of the molecule is CCCCCCOc1ccc(SSc2ccc(OCCCCCC)cc2)cc1. The van der Waals surface area contributed by atoms with Gasteiger partial charge in [0.2, 0.25) is 0 Å². The molecule has 2 nitrogen and oxygen atoms in total. The minimum Gasteiger partial charge on any atom is -0.494 e. The number of hydrogen-bond donors (Lipinski definition) is 0. The molecule has 0 aliphatic rings. The van der Waals surface area contributed by atoms with Gasteiger partial charge in [-0.25, -0.2) is 0 Å². The summed E-state index contributed by atoms with van der Waals surface area (Å²) in [6, 6.07) is 16.8. The van der Waals surface area contributed by atoms with Gasteiger partial charge in [-0.2, -0.15) is 0 Å². The molecule has 0 saturated heterocycles. The van der Waals surface area contributed by atoms with E-state index in [4.69, 9.17) is 9.47 Å². The van der Waals surface area contributed by atoms with E-state index in [0.717, 1.165) is 37.6 Å². The molecule has 2 aromatic rings. The van der Waals surface area contributed by atoms with Crippen LogP contribution in [0.15, 0.2) is 58.3 Å². The van der Waals surface area contributed by atoms with Crippen molar-refractivity contribution < 1.29 is 9.47 Å². The lowest BCUT2D eigenvalue weighted by Gasteiger charge is -2.08. The Morgan fingerprint density at radius 3 is 1.29 bits per heavy atom. The molecule has 4 heteroatoms. The molecule has 0 aliphatic heterocycles. The predicted molar refractivity (Wildman–Crippen MR) is 124 cm³/mol. The number of rotatable bonds is 15. The van der Waals surface area contributed by atoms with Crippen molar-refractivity contribution in [2.75, 3.05) is 13.2 Å². The maximum Gasteiger partial charge on any atom is 0.119 e. The van der Waals surface area contributed by atoms with Gasteiger partial charge in [0.15, 0.2) is 0 Å². The third-order valence-corrected chi connectivity index (χ3v) is 6.83. The highest BCUT2D eigenvalue weighted by Crippen LogP contribution is 2.38. The van der Waals surface area contributed by atoms with Crippen LogP contribution in [0.3, 0.4) is 0 Å². The third-order valence-electron chi connectivity index (χ3n) is 4.41. The summed E-state index contributed by atoms with van der Waals surface area (Å²) >= 11 is 0. The van der Waals surface area contributed by atoms with Gasteiger partial charge >= 0.3 is 0 Å². The first kappa shape index (κ1) is 23.0. The smallest absolute Gasteiger partial charge is 0.119 e. The van der Waals surface area contributed by atoms with Gasteiger partial charge in [0, 0.05) is 9.79 Å². The molecule has 0 saturated carbocycles. The van der Waals surface area contributed by atoms with E-state index in [9.17, 15) is 0 Å². The molecule has 0 aromatic heterocycles. The van der Waals surface area contributed by atoms with Gasteiger partial charge in [0.1, 0.15) is 11.5 Å². The lowest BCUT2D eigenvalue weighted by atomic mass is 10.2. The maximum atomic E-state index is 5.81. The molecule has 154 valence electrons. The van der Waals surface area contributed by atoms with Crippen LogP contribution in [-0.2, 0) is 0 Å². The largest absolute Gasteiger partial charge is 0.494 e. The summed E-state index contributed by atoms with van der Waals surface area (Å²) in [6.45, 7) is 6.09. The summed E-state index contributed by atoms with van der Waals surface area (Å²) < 4.78 is 11.6. The summed E-state index contributed by atoms with van der Waals surface area (Å²) in [5, 5.41) is 0. The van der Waals surface area contributed by atoms with Gasteiger partial charge < -0.3 is 9.47 Å². The zero-order valence-electron chi connectivity index (χ0n) is 17.3. The fourth-order valence-electron chi connectivity index (χ4n) is 2.72. The topological polar surface area (TPSA) is 18.5 Å². The van der Waals surface area contributed by atoms with Crippen molar-refractivity contribution in [1.82, 2.24) is 0 Å². The van der Waals surface area contributed by atoms with Crippen LogP contribution in [0.5, 0.6) is 11.5 Å². The van der Waals surface area contributed by atoms with E-state index in [1.807, 2.05) is 0 Å². The molecular weight excluding hydrogens is 384 g/mol. The van der Waals surface area contributed by atoms with Crippen LogP contribution in [0.2, 0.25) is 0 Å². The quantitative estimate of drug-likeness (QED) is 0.213. The van der Waals surface area contributed by atoms with Crippen molar-refractivity contribution in [1.29, 1.82) is 0 Å². The van der Waals surface area contributed by atoms with Crippen molar-refractivity contribution in [3.63, 3.8) is 0 Å². The molecule has 0 fully saturated rings. The van der Waals surface area contributed by atoms with Crippen LogP contribution >= 0.6 is 21.6 Å². The zero-order chi connectivity index (χ0) is 19.9. The molecule has 0 amide bonds. The highest BCUT2D eigenvalue weighted by Gasteiger charge is 2.01. The third kappa shape index (κ3) is 9.79. The second-order valence-corrected chi connectivity index (χ2v) is 9.20. The van der Waals surface area contributed by atoms with E-state index in [-0.39, 0.29) is 0 Å². The zero-order valence-corrected chi connectivity index (χ0v) is 19.0. The Labute approximate surface area is 179 Å². The van der Waals surface area contributed by atoms with Crippen LogP contribution in [0.4, 0.5) is 0 Å². The number of unbranched alkanes of at least 4 members (excludes halogenated alkanes) is 6. The minimum atomic E-state index is 0.814. The van der Waals surface area contributed by atoms with Crippen molar-refractivity contribution in [3.8, 4) is 11.5 Å². The fraction of sp³-hybridized carbons (Fsp3) is 0.500. The summed E-state index contributed by atoms with van der Waals surface area (Å²) in [4.78, 5) is 2.47. The molecule has 0 unspecified atom stereocenters. The summed E-state index contributed by atoms with van der Waals surface area (Å²) in [5.41, 5.74) is 0. The number of benzene rings is 2. The van der Waals surface area contributed by atoms with Crippen LogP contribution in [0, 0.1) is 0 Å².